The van der Waals surface area contributed by atoms with Crippen molar-refractivity contribution in [3.8, 4) is 0 Å². The Kier molecular flexibility index (Phi) is 3.05. The van der Waals surface area contributed by atoms with E-state index in [4.69, 9.17) is 0 Å². The van der Waals surface area contributed by atoms with Gasteiger partial charge in [-0.25, -0.2) is 0 Å². The molecule has 1 heteroatoms. The van der Waals surface area contributed by atoms with Crippen LogP contribution in [-0.2, 0) is 0 Å². The number of rotatable bonds is 3. The first-order valence-corrected chi connectivity index (χ1v) is 8.07. The van der Waals surface area contributed by atoms with Gasteiger partial charge in [0.1, 0.15) is 0 Å². The molecule has 1 N–H and O–H groups in total. The fourth-order valence-electron chi connectivity index (χ4n) is 5.81. The van der Waals surface area contributed by atoms with Crippen LogP contribution in [0.4, 0.5) is 0 Å². The van der Waals surface area contributed by atoms with E-state index < -0.39 is 0 Å². The molecule has 4 rings (SSSR count). The zero-order valence-electron chi connectivity index (χ0n) is 12.8. The van der Waals surface area contributed by atoms with Crippen molar-refractivity contribution in [2.45, 2.75) is 71.8 Å². The van der Waals surface area contributed by atoms with E-state index in [9.17, 15) is 0 Å². The first kappa shape index (κ1) is 13.0. The summed E-state index contributed by atoms with van der Waals surface area (Å²) in [6.45, 7) is 7.19. The molecular formula is C17H31N. The van der Waals surface area contributed by atoms with Gasteiger partial charge in [-0.15, -0.1) is 0 Å². The molecule has 0 spiro atoms. The molecule has 0 heterocycles. The average Bonchev–Trinajstić information content (AvgIpc) is 2.22. The predicted octanol–water partition coefficient (Wildman–Crippen LogP) is 4.23. The number of hydrogen-bond acceptors (Lipinski definition) is 1. The van der Waals surface area contributed by atoms with E-state index in [0.717, 1.165) is 23.2 Å². The zero-order valence-corrected chi connectivity index (χ0v) is 12.8. The lowest BCUT2D eigenvalue weighted by molar-refractivity contribution is -0.0672. The molecule has 4 bridgehead atoms. The van der Waals surface area contributed by atoms with Gasteiger partial charge in [-0.1, -0.05) is 20.8 Å². The SMILES string of the molecule is CNC(CC12CC3CC(CC(C3)C1)C2)C(C)(C)C. The van der Waals surface area contributed by atoms with Gasteiger partial charge in [0.25, 0.3) is 0 Å². The van der Waals surface area contributed by atoms with Crippen LogP contribution < -0.4 is 5.32 Å². The van der Waals surface area contributed by atoms with E-state index in [-0.39, 0.29) is 0 Å². The van der Waals surface area contributed by atoms with Crippen LogP contribution in [0.2, 0.25) is 0 Å². The first-order chi connectivity index (χ1) is 8.40. The minimum atomic E-state index is 0.401. The summed E-state index contributed by atoms with van der Waals surface area (Å²) < 4.78 is 0. The molecule has 4 fully saturated rings. The Labute approximate surface area is 113 Å². The van der Waals surface area contributed by atoms with E-state index in [1.807, 2.05) is 0 Å². The lowest BCUT2D eigenvalue weighted by atomic mass is 9.48. The maximum absolute atomic E-state index is 3.62. The molecule has 0 aromatic rings. The van der Waals surface area contributed by atoms with Gasteiger partial charge in [0, 0.05) is 6.04 Å². The maximum atomic E-state index is 3.62. The quantitative estimate of drug-likeness (QED) is 0.789. The zero-order chi connectivity index (χ0) is 13.0. The molecule has 1 nitrogen and oxygen atoms in total. The summed E-state index contributed by atoms with van der Waals surface area (Å²) in [5.74, 6) is 3.27. The van der Waals surface area contributed by atoms with E-state index in [1.54, 1.807) is 38.5 Å². The van der Waals surface area contributed by atoms with Gasteiger partial charge in [-0.2, -0.15) is 0 Å². The molecule has 0 aromatic carbocycles. The molecular weight excluding hydrogens is 218 g/mol. The van der Waals surface area contributed by atoms with Crippen molar-refractivity contribution in [2.75, 3.05) is 7.05 Å². The topological polar surface area (TPSA) is 12.0 Å². The van der Waals surface area contributed by atoms with Gasteiger partial charge < -0.3 is 5.32 Å². The smallest absolute Gasteiger partial charge is 0.0118 e. The summed E-state index contributed by atoms with van der Waals surface area (Å²) in [5, 5.41) is 3.62. The van der Waals surface area contributed by atoms with Gasteiger partial charge >= 0.3 is 0 Å². The molecule has 4 aliphatic rings. The fraction of sp³-hybridized carbons (Fsp3) is 1.00. The normalized spacial score (nSPS) is 44.3. The maximum Gasteiger partial charge on any atom is 0.0118 e. The Morgan fingerprint density at radius 1 is 1.00 bits per heavy atom. The van der Waals surface area contributed by atoms with Gasteiger partial charge in [0.2, 0.25) is 0 Å². The van der Waals surface area contributed by atoms with Crippen molar-refractivity contribution < 1.29 is 0 Å². The van der Waals surface area contributed by atoms with Gasteiger partial charge in [-0.3, -0.25) is 0 Å². The van der Waals surface area contributed by atoms with Crippen molar-refractivity contribution >= 4 is 0 Å². The Morgan fingerprint density at radius 2 is 1.44 bits per heavy atom. The lowest BCUT2D eigenvalue weighted by Crippen LogP contribution is -2.50. The second-order valence-corrected chi connectivity index (χ2v) is 8.83. The molecule has 0 aliphatic heterocycles. The third kappa shape index (κ3) is 2.24. The highest BCUT2D eigenvalue weighted by Gasteiger charge is 2.51. The Morgan fingerprint density at radius 3 is 1.78 bits per heavy atom. The van der Waals surface area contributed by atoms with Crippen molar-refractivity contribution in [3.05, 3.63) is 0 Å². The lowest BCUT2D eigenvalue weighted by Gasteiger charge is -2.58. The molecule has 0 amide bonds. The highest BCUT2D eigenvalue weighted by molar-refractivity contribution is 5.03. The molecule has 104 valence electrons. The number of nitrogens with one attached hydrogen (secondary N) is 1. The summed E-state index contributed by atoms with van der Waals surface area (Å²) in [7, 11) is 2.16. The van der Waals surface area contributed by atoms with Crippen molar-refractivity contribution in [3.63, 3.8) is 0 Å². The second-order valence-electron chi connectivity index (χ2n) is 8.83. The van der Waals surface area contributed by atoms with Crippen LogP contribution in [0.3, 0.4) is 0 Å². The van der Waals surface area contributed by atoms with Gasteiger partial charge in [0.15, 0.2) is 0 Å². The molecule has 0 saturated heterocycles. The molecule has 4 saturated carbocycles. The minimum absolute atomic E-state index is 0.401. The Bertz CT molecular complexity index is 277. The largest absolute Gasteiger partial charge is 0.316 e. The molecule has 18 heavy (non-hydrogen) atoms. The van der Waals surface area contributed by atoms with E-state index in [0.29, 0.717) is 11.5 Å². The summed E-state index contributed by atoms with van der Waals surface area (Å²) in [4.78, 5) is 0. The third-order valence-corrected chi connectivity index (χ3v) is 6.20. The monoisotopic (exact) mass is 249 g/mol. The van der Waals surface area contributed by atoms with Crippen LogP contribution >= 0.6 is 0 Å². The van der Waals surface area contributed by atoms with Crippen molar-refractivity contribution in [2.24, 2.45) is 28.6 Å². The standard InChI is InChI=1S/C17H31N/c1-16(2,3)15(18-4)11-17-8-12-5-13(9-17)7-14(6-12)10-17/h12-15,18H,5-11H2,1-4H3. The fourth-order valence-corrected chi connectivity index (χ4v) is 5.81. The number of hydrogen-bond donors (Lipinski definition) is 1. The highest BCUT2D eigenvalue weighted by atomic mass is 14.9. The second kappa shape index (κ2) is 4.23. The first-order valence-electron chi connectivity index (χ1n) is 8.07. The van der Waals surface area contributed by atoms with E-state index in [1.165, 1.54) is 6.42 Å². The highest BCUT2D eigenvalue weighted by Crippen LogP contribution is 2.62. The summed E-state index contributed by atoms with van der Waals surface area (Å²) in [6.07, 6.45) is 10.8. The van der Waals surface area contributed by atoms with E-state index in [2.05, 4.69) is 33.1 Å². The van der Waals surface area contributed by atoms with Gasteiger partial charge in [0.05, 0.1) is 0 Å². The van der Waals surface area contributed by atoms with Crippen LogP contribution in [0, 0.1) is 28.6 Å². The molecule has 0 aromatic heterocycles. The molecule has 4 aliphatic carbocycles. The van der Waals surface area contributed by atoms with Crippen LogP contribution in [0.5, 0.6) is 0 Å². The molecule has 0 radical (unpaired) electrons. The molecule has 1 atom stereocenters. The van der Waals surface area contributed by atoms with Gasteiger partial charge in [-0.05, 0) is 80.6 Å². The van der Waals surface area contributed by atoms with Crippen LogP contribution in [0.25, 0.3) is 0 Å². The van der Waals surface area contributed by atoms with Crippen molar-refractivity contribution in [1.29, 1.82) is 0 Å². The third-order valence-electron chi connectivity index (χ3n) is 6.20. The average molecular weight is 249 g/mol. The van der Waals surface area contributed by atoms with Crippen LogP contribution in [0.15, 0.2) is 0 Å². The molecule has 1 unspecified atom stereocenters. The van der Waals surface area contributed by atoms with Crippen LogP contribution in [-0.4, -0.2) is 13.1 Å². The van der Waals surface area contributed by atoms with Crippen LogP contribution in [0.1, 0.15) is 65.7 Å². The Balaban J connectivity index is 1.75. The predicted molar refractivity (Wildman–Crippen MR) is 77.5 cm³/mol. The summed E-state index contributed by atoms with van der Waals surface area (Å²) in [6, 6.07) is 0.689. The summed E-state index contributed by atoms with van der Waals surface area (Å²) in [5.41, 5.74) is 1.12. The van der Waals surface area contributed by atoms with Crippen molar-refractivity contribution in [1.82, 2.24) is 5.32 Å². The van der Waals surface area contributed by atoms with E-state index >= 15 is 0 Å². The minimum Gasteiger partial charge on any atom is -0.316 e. The Hall–Kier alpha value is -0.0400. The summed E-state index contributed by atoms with van der Waals surface area (Å²) >= 11 is 0.